The molecule has 0 unspecified atom stereocenters. The molecule has 0 radical (unpaired) electrons. The van der Waals surface area contributed by atoms with Crippen LogP contribution in [0.4, 0.5) is 0 Å². The Morgan fingerprint density at radius 3 is 2.63 bits per heavy atom. The number of rotatable bonds is 9. The lowest BCUT2D eigenvalue weighted by molar-refractivity contribution is 0.0525. The van der Waals surface area contributed by atoms with Gasteiger partial charge in [-0.05, 0) is 43.7 Å². The standard InChI is InChI=1S/C26H26ClN3O4S/c1-4-34-26(32)20-11-18-12-23(33-3)25(31)21(13-30-10-9-28-16(30)2)24(18)29-22(20)15-35-14-17-5-7-19(27)8-6-17/h5-12,31H,4,13-15H2,1-3H3. The van der Waals surface area contributed by atoms with Crippen molar-refractivity contribution in [2.75, 3.05) is 13.7 Å². The number of thioether (sulfide) groups is 1. The minimum absolute atomic E-state index is 0.0178. The Hall–Kier alpha value is -3.23. The number of phenols is 1. The number of benzene rings is 2. The highest BCUT2D eigenvalue weighted by Gasteiger charge is 2.21. The molecule has 1 N–H and O–H groups in total. The molecule has 0 aliphatic rings. The first kappa shape index (κ1) is 24.9. The van der Waals surface area contributed by atoms with Gasteiger partial charge in [0.05, 0.1) is 37.0 Å². The summed E-state index contributed by atoms with van der Waals surface area (Å²) >= 11 is 7.62. The number of carbonyl (C=O) groups excluding carboxylic acids is 1. The Labute approximate surface area is 213 Å². The maximum absolute atomic E-state index is 12.8. The van der Waals surface area contributed by atoms with Gasteiger partial charge in [0.2, 0.25) is 0 Å². The monoisotopic (exact) mass is 511 g/mol. The van der Waals surface area contributed by atoms with Gasteiger partial charge in [-0.15, -0.1) is 0 Å². The lowest BCUT2D eigenvalue weighted by Crippen LogP contribution is -2.11. The van der Waals surface area contributed by atoms with Crippen molar-refractivity contribution in [3.63, 3.8) is 0 Å². The largest absolute Gasteiger partial charge is 0.504 e. The molecule has 0 saturated carbocycles. The number of phenolic OH excluding ortho intramolecular Hbond substituents is 1. The maximum Gasteiger partial charge on any atom is 0.340 e. The number of aromatic nitrogens is 3. The van der Waals surface area contributed by atoms with Gasteiger partial charge in [0.1, 0.15) is 5.82 Å². The van der Waals surface area contributed by atoms with Crippen molar-refractivity contribution in [1.29, 1.82) is 0 Å². The van der Waals surface area contributed by atoms with Crippen LogP contribution in [0.1, 0.15) is 39.9 Å². The molecular formula is C26H26ClN3O4S. The van der Waals surface area contributed by atoms with E-state index in [1.807, 2.05) is 42.0 Å². The fraction of sp³-hybridized carbons (Fsp3) is 0.269. The Balaban J connectivity index is 1.77. The molecule has 0 saturated heterocycles. The second-order valence-corrected chi connectivity index (χ2v) is 9.32. The van der Waals surface area contributed by atoms with Crippen molar-refractivity contribution in [3.8, 4) is 11.5 Å². The first-order valence-electron chi connectivity index (χ1n) is 11.1. The summed E-state index contributed by atoms with van der Waals surface area (Å²) in [4.78, 5) is 22.0. The van der Waals surface area contributed by atoms with E-state index >= 15 is 0 Å². The first-order chi connectivity index (χ1) is 16.9. The lowest BCUT2D eigenvalue weighted by Gasteiger charge is -2.16. The number of pyridine rings is 1. The predicted molar refractivity (Wildman–Crippen MR) is 138 cm³/mol. The van der Waals surface area contributed by atoms with Gasteiger partial charge in [0, 0.05) is 39.9 Å². The van der Waals surface area contributed by atoms with Crippen molar-refractivity contribution in [3.05, 3.63) is 82.0 Å². The first-order valence-corrected chi connectivity index (χ1v) is 12.6. The molecule has 0 amide bonds. The minimum Gasteiger partial charge on any atom is -0.504 e. The average molecular weight is 512 g/mol. The zero-order chi connectivity index (χ0) is 24.9. The van der Waals surface area contributed by atoms with Crippen molar-refractivity contribution in [1.82, 2.24) is 14.5 Å². The number of methoxy groups -OCH3 is 1. The van der Waals surface area contributed by atoms with Gasteiger partial charge in [-0.2, -0.15) is 11.8 Å². The van der Waals surface area contributed by atoms with Crippen LogP contribution in [0.25, 0.3) is 10.9 Å². The van der Waals surface area contributed by atoms with Gasteiger partial charge in [-0.25, -0.2) is 9.78 Å². The van der Waals surface area contributed by atoms with Gasteiger partial charge in [-0.1, -0.05) is 23.7 Å². The normalized spacial score (nSPS) is 11.1. The van der Waals surface area contributed by atoms with Crippen LogP contribution in [0.15, 0.2) is 48.8 Å². The predicted octanol–water partition coefficient (Wildman–Crippen LogP) is 5.77. The molecule has 0 aliphatic heterocycles. The van der Waals surface area contributed by atoms with Crippen molar-refractivity contribution >= 4 is 40.2 Å². The van der Waals surface area contributed by atoms with E-state index < -0.39 is 5.97 Å². The molecule has 0 aliphatic carbocycles. The summed E-state index contributed by atoms with van der Waals surface area (Å²) in [6, 6.07) is 11.1. The number of ether oxygens (including phenoxy) is 2. The molecule has 0 bridgehead atoms. The molecule has 0 spiro atoms. The summed E-state index contributed by atoms with van der Waals surface area (Å²) in [7, 11) is 1.49. The molecule has 2 aromatic carbocycles. The van der Waals surface area contributed by atoms with E-state index in [0.29, 0.717) is 50.8 Å². The van der Waals surface area contributed by atoms with Crippen molar-refractivity contribution in [2.45, 2.75) is 31.9 Å². The van der Waals surface area contributed by atoms with Crippen LogP contribution in [0.3, 0.4) is 0 Å². The number of aryl methyl sites for hydroxylation is 1. The number of nitrogens with zero attached hydrogens (tertiary/aromatic N) is 3. The number of hydrogen-bond donors (Lipinski definition) is 1. The Kier molecular flexibility index (Phi) is 7.83. The summed E-state index contributed by atoms with van der Waals surface area (Å²) in [5.74, 6) is 1.93. The van der Waals surface area contributed by atoms with Gasteiger partial charge >= 0.3 is 5.97 Å². The number of fused-ring (bicyclic) bond motifs is 1. The van der Waals surface area contributed by atoms with Crippen LogP contribution in [0, 0.1) is 6.92 Å². The molecule has 2 aromatic heterocycles. The summed E-state index contributed by atoms with van der Waals surface area (Å²) in [6.07, 6.45) is 3.55. The Bertz CT molecular complexity index is 1360. The molecule has 9 heteroatoms. The van der Waals surface area contributed by atoms with Crippen LogP contribution in [-0.2, 0) is 22.8 Å². The summed E-state index contributed by atoms with van der Waals surface area (Å²) < 4.78 is 12.6. The number of hydrogen-bond acceptors (Lipinski definition) is 7. The third-order valence-electron chi connectivity index (χ3n) is 5.61. The number of halogens is 1. The molecule has 182 valence electrons. The van der Waals surface area contributed by atoms with E-state index in [1.54, 1.807) is 37.0 Å². The van der Waals surface area contributed by atoms with Crippen LogP contribution in [0.2, 0.25) is 5.02 Å². The average Bonchev–Trinajstić information content (AvgIpc) is 3.26. The fourth-order valence-electron chi connectivity index (χ4n) is 3.78. The Morgan fingerprint density at radius 2 is 1.97 bits per heavy atom. The van der Waals surface area contributed by atoms with Gasteiger partial charge in [0.25, 0.3) is 0 Å². The van der Waals surface area contributed by atoms with Crippen LogP contribution < -0.4 is 4.74 Å². The minimum atomic E-state index is -0.428. The number of carbonyl (C=O) groups is 1. The SMILES string of the molecule is CCOC(=O)c1cc2cc(OC)c(O)c(Cn3ccnc3C)c2nc1CSCc1ccc(Cl)cc1. The van der Waals surface area contributed by atoms with E-state index in [2.05, 4.69) is 4.98 Å². The van der Waals surface area contributed by atoms with Gasteiger partial charge in [0.15, 0.2) is 11.5 Å². The lowest BCUT2D eigenvalue weighted by atomic mass is 10.0. The highest BCUT2D eigenvalue weighted by atomic mass is 35.5. The third-order valence-corrected chi connectivity index (χ3v) is 6.88. The zero-order valence-electron chi connectivity index (χ0n) is 19.7. The van der Waals surface area contributed by atoms with Crippen molar-refractivity contribution in [2.24, 2.45) is 0 Å². The topological polar surface area (TPSA) is 86.5 Å². The smallest absolute Gasteiger partial charge is 0.340 e. The molecule has 0 atom stereocenters. The summed E-state index contributed by atoms with van der Waals surface area (Å²) in [5.41, 5.74) is 3.33. The second kappa shape index (κ2) is 11.0. The molecule has 4 aromatic rings. The van der Waals surface area contributed by atoms with E-state index in [4.69, 9.17) is 26.1 Å². The van der Waals surface area contributed by atoms with Gasteiger partial charge in [-0.3, -0.25) is 4.98 Å². The third kappa shape index (κ3) is 5.55. The van der Waals surface area contributed by atoms with E-state index in [9.17, 15) is 9.90 Å². The van der Waals surface area contributed by atoms with E-state index in [-0.39, 0.29) is 12.4 Å². The number of aromatic hydroxyl groups is 1. The summed E-state index contributed by atoms with van der Waals surface area (Å²) in [6.45, 7) is 4.28. The van der Waals surface area contributed by atoms with Crippen LogP contribution in [-0.4, -0.2) is 39.3 Å². The Morgan fingerprint density at radius 1 is 1.20 bits per heavy atom. The molecule has 2 heterocycles. The number of esters is 1. The fourth-order valence-corrected chi connectivity index (χ4v) is 4.85. The van der Waals surface area contributed by atoms with Gasteiger partial charge < -0.3 is 19.1 Å². The quantitative estimate of drug-likeness (QED) is 0.285. The molecule has 4 rings (SSSR count). The second-order valence-electron chi connectivity index (χ2n) is 7.90. The molecule has 0 fully saturated rings. The highest BCUT2D eigenvalue weighted by molar-refractivity contribution is 7.97. The molecular weight excluding hydrogens is 486 g/mol. The van der Waals surface area contributed by atoms with Crippen LogP contribution in [0.5, 0.6) is 11.5 Å². The number of imidazole rings is 1. The van der Waals surface area contributed by atoms with Crippen molar-refractivity contribution < 1.29 is 19.4 Å². The maximum atomic E-state index is 12.8. The highest BCUT2D eigenvalue weighted by Crippen LogP contribution is 2.38. The van der Waals surface area contributed by atoms with E-state index in [1.165, 1.54) is 7.11 Å². The zero-order valence-corrected chi connectivity index (χ0v) is 21.3. The molecule has 7 nitrogen and oxygen atoms in total. The van der Waals surface area contributed by atoms with Crippen LogP contribution >= 0.6 is 23.4 Å². The molecule has 35 heavy (non-hydrogen) atoms. The van der Waals surface area contributed by atoms with E-state index in [0.717, 1.165) is 17.1 Å². The summed E-state index contributed by atoms with van der Waals surface area (Å²) in [5, 5.41) is 12.3.